The van der Waals surface area contributed by atoms with Crippen molar-refractivity contribution in [2.24, 2.45) is 0 Å². The second kappa shape index (κ2) is 7.60. The molecule has 0 aliphatic carbocycles. The number of likely N-dealkylation sites (tertiary alicyclic amines) is 1. The van der Waals surface area contributed by atoms with E-state index in [9.17, 15) is 4.79 Å². The highest BCUT2D eigenvalue weighted by Gasteiger charge is 2.37. The third-order valence-corrected chi connectivity index (χ3v) is 5.17. The van der Waals surface area contributed by atoms with Crippen LogP contribution in [0.2, 0.25) is 10.0 Å². The van der Waals surface area contributed by atoms with Gasteiger partial charge >= 0.3 is 0 Å². The van der Waals surface area contributed by atoms with Crippen LogP contribution in [0.1, 0.15) is 25.7 Å². The number of hydrogen-bond donors (Lipinski definition) is 1. The van der Waals surface area contributed by atoms with Gasteiger partial charge in [0.05, 0.1) is 22.2 Å². The maximum Gasteiger partial charge on any atom is 0.240 e. The van der Waals surface area contributed by atoms with Gasteiger partial charge in [0.25, 0.3) is 0 Å². The lowest BCUT2D eigenvalue weighted by atomic mass is 10.1. The first-order valence-corrected chi connectivity index (χ1v) is 8.88. The van der Waals surface area contributed by atoms with E-state index in [2.05, 4.69) is 11.4 Å². The SMILES string of the molecule is N#C[C@@H]1CCCN1C(=O)[C@@H]1CC[C@H](COc2c(Cl)cccc2Cl)N1. The molecule has 2 saturated heterocycles. The number of para-hydroxylation sites is 1. The van der Waals surface area contributed by atoms with Gasteiger partial charge in [-0.1, -0.05) is 29.3 Å². The van der Waals surface area contributed by atoms with Gasteiger partial charge in [0.2, 0.25) is 5.91 Å². The summed E-state index contributed by atoms with van der Waals surface area (Å²) in [5.41, 5.74) is 0. The Hall–Kier alpha value is -1.48. The van der Waals surface area contributed by atoms with E-state index in [1.54, 1.807) is 23.1 Å². The summed E-state index contributed by atoms with van der Waals surface area (Å²) < 4.78 is 5.74. The largest absolute Gasteiger partial charge is 0.489 e. The van der Waals surface area contributed by atoms with E-state index in [0.29, 0.717) is 28.9 Å². The van der Waals surface area contributed by atoms with Crippen molar-refractivity contribution in [3.8, 4) is 11.8 Å². The van der Waals surface area contributed by atoms with E-state index in [1.807, 2.05) is 0 Å². The lowest BCUT2D eigenvalue weighted by Crippen LogP contribution is -2.47. The third-order valence-electron chi connectivity index (χ3n) is 4.57. The number of hydrogen-bond acceptors (Lipinski definition) is 4. The van der Waals surface area contributed by atoms with E-state index in [4.69, 9.17) is 33.2 Å². The summed E-state index contributed by atoms with van der Waals surface area (Å²) in [7, 11) is 0. The van der Waals surface area contributed by atoms with Crippen molar-refractivity contribution in [1.82, 2.24) is 10.2 Å². The second-order valence-corrected chi connectivity index (χ2v) is 6.99. The van der Waals surface area contributed by atoms with Crippen LogP contribution in [-0.2, 0) is 4.79 Å². The summed E-state index contributed by atoms with van der Waals surface area (Å²) in [6, 6.07) is 6.98. The van der Waals surface area contributed by atoms with Crippen LogP contribution < -0.4 is 10.1 Å². The lowest BCUT2D eigenvalue weighted by molar-refractivity contribution is -0.133. The highest BCUT2D eigenvalue weighted by molar-refractivity contribution is 6.37. The van der Waals surface area contributed by atoms with Gasteiger partial charge < -0.3 is 9.64 Å². The Morgan fingerprint density at radius 3 is 2.79 bits per heavy atom. The molecule has 3 rings (SSSR count). The quantitative estimate of drug-likeness (QED) is 0.887. The minimum atomic E-state index is -0.281. The molecule has 2 heterocycles. The topological polar surface area (TPSA) is 65.4 Å². The summed E-state index contributed by atoms with van der Waals surface area (Å²) in [6.07, 6.45) is 3.25. The summed E-state index contributed by atoms with van der Waals surface area (Å²) in [4.78, 5) is 14.3. The molecule has 24 heavy (non-hydrogen) atoms. The molecule has 7 heteroatoms. The Bertz CT molecular complexity index is 641. The van der Waals surface area contributed by atoms with E-state index >= 15 is 0 Å². The van der Waals surface area contributed by atoms with Gasteiger partial charge in [0.15, 0.2) is 5.75 Å². The number of benzene rings is 1. The Morgan fingerprint density at radius 1 is 1.33 bits per heavy atom. The summed E-state index contributed by atoms with van der Waals surface area (Å²) in [6.45, 7) is 1.07. The zero-order valence-electron chi connectivity index (χ0n) is 13.2. The molecule has 0 bridgehead atoms. The number of amides is 1. The van der Waals surface area contributed by atoms with Crippen LogP contribution in [0.25, 0.3) is 0 Å². The smallest absolute Gasteiger partial charge is 0.240 e. The van der Waals surface area contributed by atoms with Crippen LogP contribution in [0.3, 0.4) is 0 Å². The second-order valence-electron chi connectivity index (χ2n) is 6.17. The van der Waals surface area contributed by atoms with Gasteiger partial charge in [-0.3, -0.25) is 10.1 Å². The average Bonchev–Trinajstić information content (AvgIpc) is 3.23. The molecule has 1 N–H and O–H groups in total. The fourth-order valence-corrected chi connectivity index (χ4v) is 3.82. The minimum absolute atomic E-state index is 0.0253. The summed E-state index contributed by atoms with van der Waals surface area (Å²) in [5.74, 6) is 0.499. The molecule has 0 radical (unpaired) electrons. The number of carbonyl (C=O) groups excluding carboxylic acids is 1. The molecule has 0 spiro atoms. The van der Waals surface area contributed by atoms with Crippen molar-refractivity contribution >= 4 is 29.1 Å². The van der Waals surface area contributed by atoms with Crippen molar-refractivity contribution in [3.05, 3.63) is 28.2 Å². The molecular weight excluding hydrogens is 349 g/mol. The fourth-order valence-electron chi connectivity index (χ4n) is 3.31. The van der Waals surface area contributed by atoms with Gasteiger partial charge in [-0.05, 0) is 37.8 Å². The van der Waals surface area contributed by atoms with Crippen molar-refractivity contribution in [1.29, 1.82) is 5.26 Å². The normalized spacial score (nSPS) is 26.4. The van der Waals surface area contributed by atoms with Crippen LogP contribution >= 0.6 is 23.2 Å². The maximum absolute atomic E-state index is 12.6. The number of rotatable bonds is 4. The molecule has 0 aromatic heterocycles. The maximum atomic E-state index is 12.6. The van der Waals surface area contributed by atoms with Crippen LogP contribution in [0.5, 0.6) is 5.75 Å². The Morgan fingerprint density at radius 2 is 2.08 bits per heavy atom. The zero-order valence-corrected chi connectivity index (χ0v) is 14.7. The van der Waals surface area contributed by atoms with Crippen LogP contribution in [0.4, 0.5) is 0 Å². The van der Waals surface area contributed by atoms with Crippen molar-refractivity contribution in [3.63, 3.8) is 0 Å². The first-order chi connectivity index (χ1) is 11.6. The van der Waals surface area contributed by atoms with Gasteiger partial charge in [-0.2, -0.15) is 5.26 Å². The average molecular weight is 368 g/mol. The predicted molar refractivity (Wildman–Crippen MR) is 92.3 cm³/mol. The fraction of sp³-hybridized carbons (Fsp3) is 0.529. The van der Waals surface area contributed by atoms with E-state index in [-0.39, 0.29) is 24.0 Å². The number of carbonyl (C=O) groups is 1. The third kappa shape index (κ3) is 3.61. The van der Waals surface area contributed by atoms with Crippen LogP contribution in [-0.4, -0.2) is 42.1 Å². The Balaban J connectivity index is 1.54. The first-order valence-electron chi connectivity index (χ1n) is 8.13. The van der Waals surface area contributed by atoms with Gasteiger partial charge in [0.1, 0.15) is 12.6 Å². The molecule has 0 saturated carbocycles. The van der Waals surface area contributed by atoms with Crippen molar-refractivity contribution in [2.75, 3.05) is 13.2 Å². The number of nitriles is 1. The summed E-state index contributed by atoms with van der Waals surface area (Å²) >= 11 is 12.2. The molecule has 1 aromatic carbocycles. The first kappa shape index (κ1) is 17.3. The molecule has 1 amide bonds. The Kier molecular flexibility index (Phi) is 5.50. The minimum Gasteiger partial charge on any atom is -0.489 e. The molecule has 2 aliphatic heterocycles. The zero-order chi connectivity index (χ0) is 17.1. The lowest BCUT2D eigenvalue weighted by Gasteiger charge is -2.24. The predicted octanol–water partition coefficient (Wildman–Crippen LogP) is 3.01. The van der Waals surface area contributed by atoms with Crippen LogP contribution in [0, 0.1) is 11.3 Å². The van der Waals surface area contributed by atoms with Gasteiger partial charge in [0, 0.05) is 12.6 Å². The molecular formula is C17H19Cl2N3O2. The Labute approximate surface area is 151 Å². The summed E-state index contributed by atoms with van der Waals surface area (Å²) in [5, 5.41) is 13.4. The van der Waals surface area contributed by atoms with Gasteiger partial charge in [-0.25, -0.2) is 0 Å². The van der Waals surface area contributed by atoms with E-state index in [0.717, 1.165) is 25.7 Å². The number of halogens is 2. The molecule has 128 valence electrons. The molecule has 1 aromatic rings. The molecule has 5 nitrogen and oxygen atoms in total. The van der Waals surface area contributed by atoms with E-state index in [1.165, 1.54) is 0 Å². The standard InChI is InChI=1S/C17H19Cl2N3O2/c18-13-4-1-5-14(19)16(13)24-10-11-6-7-15(21-11)17(23)22-8-2-3-12(22)9-20/h1,4-5,11-12,15,21H,2-3,6-8,10H2/t11-,12+,15+/m1/s1. The molecule has 3 atom stereocenters. The number of nitrogens with one attached hydrogen (secondary N) is 1. The number of nitrogens with zero attached hydrogens (tertiary/aromatic N) is 2. The number of ether oxygens (including phenoxy) is 1. The van der Waals surface area contributed by atoms with Gasteiger partial charge in [-0.15, -0.1) is 0 Å². The monoisotopic (exact) mass is 367 g/mol. The highest BCUT2D eigenvalue weighted by Crippen LogP contribution is 2.32. The van der Waals surface area contributed by atoms with E-state index < -0.39 is 0 Å². The highest BCUT2D eigenvalue weighted by atomic mass is 35.5. The molecule has 0 unspecified atom stereocenters. The molecule has 2 aliphatic rings. The van der Waals surface area contributed by atoms with Crippen molar-refractivity contribution in [2.45, 2.75) is 43.8 Å². The van der Waals surface area contributed by atoms with Crippen LogP contribution in [0.15, 0.2) is 18.2 Å². The van der Waals surface area contributed by atoms with Crippen molar-refractivity contribution < 1.29 is 9.53 Å². The molecule has 2 fully saturated rings.